The van der Waals surface area contributed by atoms with Crippen LogP contribution in [0.2, 0.25) is 0 Å². The third-order valence-electron chi connectivity index (χ3n) is 4.76. The molecule has 0 bridgehead atoms. The third kappa shape index (κ3) is 7.00. The highest BCUT2D eigenvalue weighted by atomic mass is 16.6. The SMILES string of the molecule is COc1ccc(CC(=O)Oc2cccc(OC(C)C)c2OC(=O)Cc2ccc(OC)cc2)cc1. The molecule has 0 saturated heterocycles. The lowest BCUT2D eigenvalue weighted by atomic mass is 10.1. The molecule has 0 spiro atoms. The normalized spacial score (nSPS) is 10.5. The van der Waals surface area contributed by atoms with Crippen LogP contribution >= 0.6 is 0 Å². The minimum atomic E-state index is -0.516. The zero-order valence-electron chi connectivity index (χ0n) is 19.7. The Balaban J connectivity index is 1.76. The molecule has 3 aromatic carbocycles. The second-order valence-electron chi connectivity index (χ2n) is 7.75. The zero-order chi connectivity index (χ0) is 24.5. The molecule has 7 heteroatoms. The molecule has 0 heterocycles. The number of carbonyl (C=O) groups is 2. The predicted octanol–water partition coefficient (Wildman–Crippen LogP) is 4.79. The first kappa shape index (κ1) is 24.6. The summed E-state index contributed by atoms with van der Waals surface area (Å²) in [6.07, 6.45) is -0.109. The molecule has 0 aliphatic rings. The summed E-state index contributed by atoms with van der Waals surface area (Å²) < 4.78 is 27.3. The standard InChI is InChI=1S/C27H28O7/c1-18(2)32-23-6-5-7-24(33-25(28)16-19-8-12-21(30-3)13-9-19)27(23)34-26(29)17-20-10-14-22(31-4)15-11-20/h5-15,18H,16-17H2,1-4H3. The number of esters is 2. The van der Waals surface area contributed by atoms with Crippen LogP contribution in [-0.2, 0) is 22.4 Å². The number of rotatable bonds is 10. The number of hydrogen-bond acceptors (Lipinski definition) is 7. The minimum Gasteiger partial charge on any atom is -0.497 e. The van der Waals surface area contributed by atoms with Crippen molar-refractivity contribution in [3.8, 4) is 28.7 Å². The second-order valence-corrected chi connectivity index (χ2v) is 7.75. The van der Waals surface area contributed by atoms with Gasteiger partial charge in [-0.15, -0.1) is 0 Å². The van der Waals surface area contributed by atoms with E-state index < -0.39 is 11.9 Å². The zero-order valence-corrected chi connectivity index (χ0v) is 19.7. The van der Waals surface area contributed by atoms with E-state index in [0.29, 0.717) is 17.2 Å². The Morgan fingerprint density at radius 1 is 0.676 bits per heavy atom. The molecule has 0 aliphatic carbocycles. The number of carbonyl (C=O) groups excluding carboxylic acids is 2. The highest BCUT2D eigenvalue weighted by Crippen LogP contribution is 2.38. The van der Waals surface area contributed by atoms with Crippen molar-refractivity contribution in [2.75, 3.05) is 14.2 Å². The topological polar surface area (TPSA) is 80.3 Å². The molecule has 0 atom stereocenters. The first-order chi connectivity index (χ1) is 16.4. The summed E-state index contributed by atoms with van der Waals surface area (Å²) in [7, 11) is 3.15. The number of para-hydroxylation sites is 1. The molecule has 34 heavy (non-hydrogen) atoms. The molecular weight excluding hydrogens is 436 g/mol. The molecule has 0 radical (unpaired) electrons. The van der Waals surface area contributed by atoms with Crippen molar-refractivity contribution < 1.29 is 33.3 Å². The lowest BCUT2D eigenvalue weighted by Crippen LogP contribution is -2.16. The summed E-state index contributed by atoms with van der Waals surface area (Å²) in [5.74, 6) is 0.864. The van der Waals surface area contributed by atoms with Crippen LogP contribution in [-0.4, -0.2) is 32.3 Å². The fourth-order valence-corrected chi connectivity index (χ4v) is 3.15. The summed E-state index contributed by atoms with van der Waals surface area (Å²) in [4.78, 5) is 25.3. The van der Waals surface area contributed by atoms with Gasteiger partial charge in [0.2, 0.25) is 5.75 Å². The predicted molar refractivity (Wildman–Crippen MR) is 127 cm³/mol. The molecule has 0 unspecified atom stereocenters. The van der Waals surface area contributed by atoms with Gasteiger partial charge in [0, 0.05) is 0 Å². The van der Waals surface area contributed by atoms with Gasteiger partial charge in [0.05, 0.1) is 33.2 Å². The molecule has 0 amide bonds. The molecular formula is C27H28O7. The lowest BCUT2D eigenvalue weighted by Gasteiger charge is -2.17. The average Bonchev–Trinajstić information content (AvgIpc) is 2.81. The molecule has 3 aromatic rings. The van der Waals surface area contributed by atoms with Gasteiger partial charge in [0.15, 0.2) is 11.5 Å². The van der Waals surface area contributed by atoms with Gasteiger partial charge >= 0.3 is 11.9 Å². The van der Waals surface area contributed by atoms with E-state index in [1.54, 1.807) is 80.9 Å². The number of hydrogen-bond donors (Lipinski definition) is 0. The highest BCUT2D eigenvalue weighted by molar-refractivity contribution is 5.80. The van der Waals surface area contributed by atoms with Crippen LogP contribution in [0.25, 0.3) is 0 Å². The van der Waals surface area contributed by atoms with Crippen molar-refractivity contribution in [3.63, 3.8) is 0 Å². The van der Waals surface area contributed by atoms with E-state index in [1.165, 1.54) is 0 Å². The number of benzene rings is 3. The highest BCUT2D eigenvalue weighted by Gasteiger charge is 2.20. The van der Waals surface area contributed by atoms with Gasteiger partial charge in [-0.2, -0.15) is 0 Å². The maximum absolute atomic E-state index is 12.7. The van der Waals surface area contributed by atoms with Gasteiger partial charge < -0.3 is 23.7 Å². The Morgan fingerprint density at radius 3 is 1.62 bits per heavy atom. The molecule has 0 fully saturated rings. The van der Waals surface area contributed by atoms with Gasteiger partial charge in [-0.25, -0.2) is 0 Å². The Bertz CT molecular complexity index is 1100. The summed E-state index contributed by atoms with van der Waals surface area (Å²) in [6, 6.07) is 19.1. The van der Waals surface area contributed by atoms with Crippen LogP contribution < -0.4 is 23.7 Å². The fraction of sp³-hybridized carbons (Fsp3) is 0.259. The molecule has 0 saturated carbocycles. The van der Waals surface area contributed by atoms with Gasteiger partial charge in [0.25, 0.3) is 0 Å². The van der Waals surface area contributed by atoms with E-state index in [9.17, 15) is 9.59 Å². The smallest absolute Gasteiger partial charge is 0.315 e. The van der Waals surface area contributed by atoms with Crippen LogP contribution in [0.1, 0.15) is 25.0 Å². The van der Waals surface area contributed by atoms with Crippen LogP contribution in [0, 0.1) is 0 Å². The fourth-order valence-electron chi connectivity index (χ4n) is 3.15. The summed E-state index contributed by atoms with van der Waals surface area (Å²) in [5.41, 5.74) is 1.52. The van der Waals surface area contributed by atoms with E-state index >= 15 is 0 Å². The maximum Gasteiger partial charge on any atom is 0.315 e. The van der Waals surface area contributed by atoms with E-state index in [4.69, 9.17) is 23.7 Å². The Labute approximate surface area is 199 Å². The number of ether oxygens (including phenoxy) is 5. The maximum atomic E-state index is 12.7. The molecule has 7 nitrogen and oxygen atoms in total. The summed E-state index contributed by atoms with van der Waals surface area (Å²) in [6.45, 7) is 3.70. The minimum absolute atomic E-state index is 0.0270. The van der Waals surface area contributed by atoms with Crippen molar-refractivity contribution in [1.82, 2.24) is 0 Å². The Hall–Kier alpha value is -4.00. The lowest BCUT2D eigenvalue weighted by molar-refractivity contribution is -0.136. The largest absolute Gasteiger partial charge is 0.497 e. The van der Waals surface area contributed by atoms with E-state index in [1.807, 2.05) is 13.8 Å². The van der Waals surface area contributed by atoms with Gasteiger partial charge in [-0.3, -0.25) is 9.59 Å². The first-order valence-electron chi connectivity index (χ1n) is 10.8. The molecule has 178 valence electrons. The summed E-state index contributed by atoms with van der Waals surface area (Å²) in [5, 5.41) is 0. The van der Waals surface area contributed by atoms with E-state index in [2.05, 4.69) is 0 Å². The number of methoxy groups -OCH3 is 2. The van der Waals surface area contributed by atoms with Gasteiger partial charge in [-0.05, 0) is 61.4 Å². The van der Waals surface area contributed by atoms with Crippen molar-refractivity contribution in [1.29, 1.82) is 0 Å². The van der Waals surface area contributed by atoms with Crippen LogP contribution in [0.15, 0.2) is 66.7 Å². The molecule has 0 aliphatic heterocycles. The van der Waals surface area contributed by atoms with Crippen molar-refractivity contribution in [3.05, 3.63) is 77.9 Å². The molecule has 0 N–H and O–H groups in total. The molecule has 3 rings (SSSR count). The Morgan fingerprint density at radius 2 is 1.15 bits per heavy atom. The van der Waals surface area contributed by atoms with Crippen LogP contribution in [0.4, 0.5) is 0 Å². The second kappa shape index (κ2) is 11.7. The van der Waals surface area contributed by atoms with Gasteiger partial charge in [-0.1, -0.05) is 30.3 Å². The monoisotopic (exact) mass is 464 g/mol. The quantitative estimate of drug-likeness (QED) is 0.315. The third-order valence-corrected chi connectivity index (χ3v) is 4.76. The Kier molecular flexibility index (Phi) is 8.51. The van der Waals surface area contributed by atoms with Gasteiger partial charge in [0.1, 0.15) is 11.5 Å². The van der Waals surface area contributed by atoms with E-state index in [-0.39, 0.29) is 30.4 Å². The summed E-state index contributed by atoms with van der Waals surface area (Å²) >= 11 is 0. The van der Waals surface area contributed by atoms with Crippen molar-refractivity contribution >= 4 is 11.9 Å². The van der Waals surface area contributed by atoms with Crippen LogP contribution in [0.5, 0.6) is 28.7 Å². The van der Waals surface area contributed by atoms with Crippen LogP contribution in [0.3, 0.4) is 0 Å². The molecule has 0 aromatic heterocycles. The van der Waals surface area contributed by atoms with Crippen molar-refractivity contribution in [2.45, 2.75) is 32.8 Å². The van der Waals surface area contributed by atoms with Crippen molar-refractivity contribution in [2.24, 2.45) is 0 Å². The average molecular weight is 465 g/mol. The van der Waals surface area contributed by atoms with E-state index in [0.717, 1.165) is 11.1 Å². The first-order valence-corrected chi connectivity index (χ1v) is 10.8.